The van der Waals surface area contributed by atoms with Gasteiger partial charge in [0, 0.05) is 23.8 Å². The fourth-order valence-electron chi connectivity index (χ4n) is 4.80. The number of nitrogens with zero attached hydrogens (tertiary/aromatic N) is 1. The number of ether oxygens (including phenoxy) is 2. The number of carbonyl (C=O) groups excluding carboxylic acids is 1. The number of phenols is 1. The van der Waals surface area contributed by atoms with E-state index in [-0.39, 0.29) is 11.9 Å². The fraction of sp³-hybridized carbons (Fsp3) is 0.436. The third-order valence-electron chi connectivity index (χ3n) is 7.46. The number of rotatable bonds is 18. The van der Waals surface area contributed by atoms with Crippen molar-refractivity contribution in [3.8, 4) is 29.1 Å². The molecule has 234 valence electrons. The zero-order valence-electron chi connectivity index (χ0n) is 26.8. The number of benzene rings is 3. The Bertz CT molecular complexity index is 1350. The highest BCUT2D eigenvalue weighted by atomic mass is 16.5. The van der Waals surface area contributed by atoms with Crippen molar-refractivity contribution in [3.05, 3.63) is 83.4 Å². The Morgan fingerprint density at radius 2 is 1.45 bits per heavy atom. The van der Waals surface area contributed by atoms with Crippen molar-refractivity contribution in [1.29, 1.82) is 0 Å². The minimum absolute atomic E-state index is 0.137. The summed E-state index contributed by atoms with van der Waals surface area (Å²) in [6.07, 6.45) is 17.4. The van der Waals surface area contributed by atoms with Crippen molar-refractivity contribution in [2.45, 2.75) is 110 Å². The summed E-state index contributed by atoms with van der Waals surface area (Å²) in [5.74, 6) is 7.25. The Balaban J connectivity index is 1.44. The lowest BCUT2D eigenvalue weighted by atomic mass is 10.1. The van der Waals surface area contributed by atoms with E-state index in [0.717, 1.165) is 37.0 Å². The van der Waals surface area contributed by atoms with E-state index in [1.807, 2.05) is 24.3 Å². The van der Waals surface area contributed by atoms with Gasteiger partial charge >= 0.3 is 5.97 Å². The second-order valence-corrected chi connectivity index (χ2v) is 11.4. The van der Waals surface area contributed by atoms with Gasteiger partial charge < -0.3 is 14.6 Å². The maximum absolute atomic E-state index is 12.6. The Morgan fingerprint density at radius 3 is 2.14 bits per heavy atom. The van der Waals surface area contributed by atoms with Crippen molar-refractivity contribution in [2.24, 2.45) is 4.99 Å². The highest BCUT2D eigenvalue weighted by molar-refractivity contribution is 5.91. The SMILES string of the molecule is CCCCCCCCCC#Cc1ccc(C=Nc2ccc(OC(=O)c3ccc(OC(C)CCCCCC)cc3)cc2)c(O)c1. The van der Waals surface area contributed by atoms with Crippen LogP contribution in [-0.4, -0.2) is 23.4 Å². The van der Waals surface area contributed by atoms with Crippen LogP contribution in [0.15, 0.2) is 71.7 Å². The molecule has 5 heteroatoms. The van der Waals surface area contributed by atoms with E-state index in [0.29, 0.717) is 22.6 Å². The van der Waals surface area contributed by atoms with Crippen LogP contribution in [0.4, 0.5) is 5.69 Å². The molecule has 1 N–H and O–H groups in total. The molecule has 1 atom stereocenters. The molecule has 1 unspecified atom stereocenters. The first-order chi connectivity index (χ1) is 21.5. The lowest BCUT2D eigenvalue weighted by Gasteiger charge is -2.14. The van der Waals surface area contributed by atoms with Gasteiger partial charge in [-0.05, 0) is 92.9 Å². The summed E-state index contributed by atoms with van der Waals surface area (Å²) in [5.41, 5.74) is 2.53. The molecule has 0 aliphatic carbocycles. The number of aromatic hydroxyl groups is 1. The van der Waals surface area contributed by atoms with Gasteiger partial charge in [-0.15, -0.1) is 0 Å². The number of unbranched alkanes of at least 4 members (excludes halogenated alkanes) is 10. The van der Waals surface area contributed by atoms with Gasteiger partial charge in [0.2, 0.25) is 0 Å². The van der Waals surface area contributed by atoms with Crippen molar-refractivity contribution in [2.75, 3.05) is 0 Å². The van der Waals surface area contributed by atoms with Crippen molar-refractivity contribution in [1.82, 2.24) is 0 Å². The van der Waals surface area contributed by atoms with Crippen LogP contribution in [0.3, 0.4) is 0 Å². The Labute approximate surface area is 264 Å². The molecule has 0 heterocycles. The van der Waals surface area contributed by atoms with Crippen LogP contribution < -0.4 is 9.47 Å². The zero-order chi connectivity index (χ0) is 31.4. The van der Waals surface area contributed by atoms with E-state index in [9.17, 15) is 9.90 Å². The maximum Gasteiger partial charge on any atom is 0.343 e. The van der Waals surface area contributed by atoms with E-state index in [4.69, 9.17) is 9.47 Å². The first-order valence-electron chi connectivity index (χ1n) is 16.4. The molecule has 0 saturated heterocycles. The van der Waals surface area contributed by atoms with Gasteiger partial charge in [-0.2, -0.15) is 0 Å². The van der Waals surface area contributed by atoms with Crippen molar-refractivity contribution >= 4 is 17.9 Å². The molecule has 0 aliphatic heterocycles. The van der Waals surface area contributed by atoms with Gasteiger partial charge in [-0.25, -0.2) is 4.79 Å². The zero-order valence-corrected chi connectivity index (χ0v) is 26.8. The first-order valence-corrected chi connectivity index (χ1v) is 16.4. The predicted molar refractivity (Wildman–Crippen MR) is 182 cm³/mol. The van der Waals surface area contributed by atoms with Gasteiger partial charge in [0.25, 0.3) is 0 Å². The van der Waals surface area contributed by atoms with Crippen LogP contribution in [0.1, 0.15) is 126 Å². The lowest BCUT2D eigenvalue weighted by molar-refractivity contribution is 0.0734. The highest BCUT2D eigenvalue weighted by Gasteiger charge is 2.10. The number of hydrogen-bond donors (Lipinski definition) is 1. The quantitative estimate of drug-likeness (QED) is 0.0522. The van der Waals surface area contributed by atoms with Crippen molar-refractivity contribution in [3.63, 3.8) is 0 Å². The van der Waals surface area contributed by atoms with Crippen LogP contribution in [0, 0.1) is 11.8 Å². The maximum atomic E-state index is 12.6. The fourth-order valence-corrected chi connectivity index (χ4v) is 4.80. The largest absolute Gasteiger partial charge is 0.507 e. The molecule has 0 bridgehead atoms. The third-order valence-corrected chi connectivity index (χ3v) is 7.46. The van der Waals surface area contributed by atoms with E-state index in [1.165, 1.54) is 57.8 Å². The van der Waals surface area contributed by atoms with Gasteiger partial charge in [0.05, 0.1) is 17.4 Å². The number of carbonyl (C=O) groups is 1. The summed E-state index contributed by atoms with van der Waals surface area (Å²) in [6, 6.07) is 19.4. The minimum atomic E-state index is -0.434. The standard InChI is InChI=1S/C39H49NO4/c1-4-6-8-10-11-12-13-14-16-18-32-19-20-34(38(41)29-32)30-40-35-23-27-37(28-24-35)44-39(42)33-21-25-36(26-22-33)43-31(3)17-15-9-7-5-2/h19-31,41H,4-15,17H2,1-3H3. The van der Waals surface area contributed by atoms with Crippen LogP contribution in [0.2, 0.25) is 0 Å². The number of phenolic OH excluding ortho intramolecular Hbond substituents is 1. The molecule has 0 amide bonds. The molecule has 3 rings (SSSR count). The minimum Gasteiger partial charge on any atom is -0.507 e. The average Bonchev–Trinajstić information content (AvgIpc) is 3.03. The van der Waals surface area contributed by atoms with E-state index < -0.39 is 5.97 Å². The number of esters is 1. The summed E-state index contributed by atoms with van der Waals surface area (Å²) in [7, 11) is 0. The second-order valence-electron chi connectivity index (χ2n) is 11.4. The molecule has 3 aromatic carbocycles. The van der Waals surface area contributed by atoms with E-state index in [2.05, 4.69) is 37.6 Å². The van der Waals surface area contributed by atoms with Crippen LogP contribution in [-0.2, 0) is 0 Å². The normalized spacial score (nSPS) is 11.6. The molecular weight excluding hydrogens is 546 g/mol. The molecule has 44 heavy (non-hydrogen) atoms. The third kappa shape index (κ3) is 13.1. The summed E-state index contributed by atoms with van der Waals surface area (Å²) in [6.45, 7) is 6.52. The highest BCUT2D eigenvalue weighted by Crippen LogP contribution is 2.23. The molecule has 0 radical (unpaired) electrons. The van der Waals surface area contributed by atoms with Crippen LogP contribution >= 0.6 is 0 Å². The molecular formula is C39H49NO4. The average molecular weight is 596 g/mol. The van der Waals surface area contributed by atoms with E-state index >= 15 is 0 Å². The Hall–Kier alpha value is -4.04. The summed E-state index contributed by atoms with van der Waals surface area (Å²) >= 11 is 0. The first kappa shape index (κ1) is 34.5. The second kappa shape index (κ2) is 20.0. The van der Waals surface area contributed by atoms with Gasteiger partial charge in [0.1, 0.15) is 17.2 Å². The Morgan fingerprint density at radius 1 is 0.818 bits per heavy atom. The smallest absolute Gasteiger partial charge is 0.343 e. The Kier molecular flexibility index (Phi) is 15.7. The summed E-state index contributed by atoms with van der Waals surface area (Å²) in [5, 5.41) is 10.5. The lowest BCUT2D eigenvalue weighted by Crippen LogP contribution is -2.12. The van der Waals surface area contributed by atoms with Gasteiger partial charge in [-0.3, -0.25) is 4.99 Å². The molecule has 0 spiro atoms. The topological polar surface area (TPSA) is 68.1 Å². The predicted octanol–water partition coefficient (Wildman–Crippen LogP) is 10.6. The summed E-state index contributed by atoms with van der Waals surface area (Å²) < 4.78 is 11.5. The molecule has 0 fully saturated rings. The molecule has 5 nitrogen and oxygen atoms in total. The van der Waals surface area contributed by atoms with Gasteiger partial charge in [0.15, 0.2) is 0 Å². The molecule has 0 saturated carbocycles. The molecule has 3 aromatic rings. The van der Waals surface area contributed by atoms with Crippen molar-refractivity contribution < 1.29 is 19.4 Å². The molecule has 0 aromatic heterocycles. The van der Waals surface area contributed by atoms with Gasteiger partial charge in [-0.1, -0.05) is 83.5 Å². The monoisotopic (exact) mass is 595 g/mol. The molecule has 0 aliphatic rings. The number of hydrogen-bond acceptors (Lipinski definition) is 5. The summed E-state index contributed by atoms with van der Waals surface area (Å²) in [4.78, 5) is 17.1. The van der Waals surface area contributed by atoms with E-state index in [1.54, 1.807) is 48.7 Å². The van der Waals surface area contributed by atoms with Crippen LogP contribution in [0.25, 0.3) is 0 Å². The number of aliphatic imine (C=N–C) groups is 1. The van der Waals surface area contributed by atoms with Crippen LogP contribution in [0.5, 0.6) is 17.2 Å².